The first-order chi connectivity index (χ1) is 9.52. The van der Waals surface area contributed by atoms with E-state index in [9.17, 15) is 4.79 Å². The van der Waals surface area contributed by atoms with E-state index in [0.717, 1.165) is 35.5 Å². The lowest BCUT2D eigenvalue weighted by Gasteiger charge is -2.32. The standard InChI is InChI=1S/C17H20O3/c1-10-7-12-8-13(17(10,2)16(12)18)11-5-6-14(19-3)15(9-11)20-4/h5-6,9,12-13H,1,7-8H2,2-4H3/t12?,13?,17-/m0/s1. The van der Waals surface area contributed by atoms with Gasteiger partial charge in [-0.15, -0.1) is 0 Å². The summed E-state index contributed by atoms with van der Waals surface area (Å²) in [5.74, 6) is 2.16. The number of carbonyl (C=O) groups is 1. The molecule has 3 nitrogen and oxygen atoms in total. The van der Waals surface area contributed by atoms with Crippen LogP contribution in [-0.2, 0) is 4.79 Å². The molecule has 1 aromatic rings. The SMILES string of the molecule is C=C1CC2CC(c3ccc(OC)c(OC)c3)[C@@]1(C)C2=O. The van der Waals surface area contributed by atoms with Gasteiger partial charge in [-0.25, -0.2) is 0 Å². The predicted molar refractivity (Wildman–Crippen MR) is 77.3 cm³/mol. The molecular weight excluding hydrogens is 252 g/mol. The van der Waals surface area contributed by atoms with Crippen molar-refractivity contribution in [1.29, 1.82) is 0 Å². The van der Waals surface area contributed by atoms with Crippen LogP contribution >= 0.6 is 0 Å². The zero-order chi connectivity index (χ0) is 14.5. The molecule has 0 spiro atoms. The second-order valence-electron chi connectivity index (χ2n) is 5.97. The van der Waals surface area contributed by atoms with Crippen LogP contribution in [0, 0.1) is 11.3 Å². The number of hydrogen-bond acceptors (Lipinski definition) is 3. The molecule has 2 aliphatic carbocycles. The summed E-state index contributed by atoms with van der Waals surface area (Å²) >= 11 is 0. The fourth-order valence-electron chi connectivity index (χ4n) is 3.87. The molecule has 2 fully saturated rings. The second kappa shape index (κ2) is 4.37. The van der Waals surface area contributed by atoms with Crippen LogP contribution in [0.2, 0.25) is 0 Å². The fourth-order valence-corrected chi connectivity index (χ4v) is 3.87. The molecule has 0 heterocycles. The van der Waals surface area contributed by atoms with Crippen molar-refractivity contribution in [3.05, 3.63) is 35.9 Å². The van der Waals surface area contributed by atoms with Crippen LogP contribution < -0.4 is 9.47 Å². The van der Waals surface area contributed by atoms with E-state index in [0.29, 0.717) is 5.78 Å². The van der Waals surface area contributed by atoms with Crippen LogP contribution in [0.3, 0.4) is 0 Å². The molecule has 2 saturated carbocycles. The van der Waals surface area contributed by atoms with Crippen LogP contribution in [-0.4, -0.2) is 20.0 Å². The number of fused-ring (bicyclic) bond motifs is 2. The van der Waals surface area contributed by atoms with E-state index in [2.05, 4.69) is 6.58 Å². The van der Waals surface area contributed by atoms with E-state index in [4.69, 9.17) is 9.47 Å². The van der Waals surface area contributed by atoms with E-state index in [1.165, 1.54) is 0 Å². The molecule has 3 rings (SSSR count). The molecule has 0 N–H and O–H groups in total. The first kappa shape index (κ1) is 13.2. The molecule has 2 unspecified atom stereocenters. The molecule has 2 bridgehead atoms. The summed E-state index contributed by atoms with van der Waals surface area (Å²) in [6.07, 6.45) is 1.78. The second-order valence-corrected chi connectivity index (χ2v) is 5.97. The average molecular weight is 272 g/mol. The third-order valence-corrected chi connectivity index (χ3v) is 5.14. The molecule has 0 amide bonds. The van der Waals surface area contributed by atoms with Gasteiger partial charge in [-0.05, 0) is 37.5 Å². The van der Waals surface area contributed by atoms with Crippen LogP contribution in [0.4, 0.5) is 0 Å². The van der Waals surface area contributed by atoms with Crippen LogP contribution in [0.15, 0.2) is 30.4 Å². The number of rotatable bonds is 3. The van der Waals surface area contributed by atoms with Gasteiger partial charge in [0.05, 0.1) is 19.6 Å². The number of Topliss-reactive ketones (excluding diaryl/α,β-unsaturated/α-hetero) is 1. The summed E-state index contributed by atoms with van der Waals surface area (Å²) in [5, 5.41) is 0. The number of ether oxygens (including phenoxy) is 2. The number of allylic oxidation sites excluding steroid dienone is 1. The van der Waals surface area contributed by atoms with Gasteiger partial charge in [-0.3, -0.25) is 4.79 Å². The van der Waals surface area contributed by atoms with Crippen LogP contribution in [0.1, 0.15) is 31.2 Å². The zero-order valence-corrected chi connectivity index (χ0v) is 12.2. The first-order valence-corrected chi connectivity index (χ1v) is 6.96. The Labute approximate surface area is 119 Å². The van der Waals surface area contributed by atoms with Gasteiger partial charge in [0.25, 0.3) is 0 Å². The lowest BCUT2D eigenvalue weighted by molar-refractivity contribution is -0.124. The van der Waals surface area contributed by atoms with Crippen molar-refractivity contribution < 1.29 is 14.3 Å². The normalized spacial score (nSPS) is 31.8. The Bertz CT molecular complexity index is 590. The van der Waals surface area contributed by atoms with Gasteiger partial charge in [0, 0.05) is 11.8 Å². The van der Waals surface area contributed by atoms with E-state index in [1.54, 1.807) is 14.2 Å². The van der Waals surface area contributed by atoms with Gasteiger partial charge >= 0.3 is 0 Å². The highest BCUT2D eigenvalue weighted by Gasteiger charge is 2.58. The quantitative estimate of drug-likeness (QED) is 0.792. The zero-order valence-electron chi connectivity index (χ0n) is 12.2. The summed E-state index contributed by atoms with van der Waals surface area (Å²) in [5.41, 5.74) is 1.82. The molecule has 0 saturated heterocycles. The Morgan fingerprint density at radius 3 is 2.50 bits per heavy atom. The largest absolute Gasteiger partial charge is 0.493 e. The molecule has 20 heavy (non-hydrogen) atoms. The minimum atomic E-state index is -0.399. The third kappa shape index (κ3) is 1.55. The molecule has 1 aromatic carbocycles. The lowest BCUT2D eigenvalue weighted by atomic mass is 9.70. The molecule has 0 aliphatic heterocycles. The minimum Gasteiger partial charge on any atom is -0.493 e. The van der Waals surface area contributed by atoms with Crippen molar-refractivity contribution in [2.24, 2.45) is 11.3 Å². The summed E-state index contributed by atoms with van der Waals surface area (Å²) in [4.78, 5) is 12.4. The molecule has 3 heteroatoms. The molecular formula is C17H20O3. The molecule has 0 radical (unpaired) electrons. The molecule has 3 atom stereocenters. The minimum absolute atomic E-state index is 0.158. The Kier molecular flexibility index (Phi) is 2.89. The van der Waals surface area contributed by atoms with E-state index < -0.39 is 5.41 Å². The third-order valence-electron chi connectivity index (χ3n) is 5.14. The summed E-state index contributed by atoms with van der Waals surface area (Å²) in [6, 6.07) is 5.95. The molecule has 0 aromatic heterocycles. The Hall–Kier alpha value is -1.77. The number of methoxy groups -OCH3 is 2. The number of ketones is 1. The average Bonchev–Trinajstić information content (AvgIpc) is 2.83. The van der Waals surface area contributed by atoms with Gasteiger partial charge in [0.1, 0.15) is 5.78 Å². The Morgan fingerprint density at radius 2 is 1.95 bits per heavy atom. The number of benzene rings is 1. The van der Waals surface area contributed by atoms with Crippen molar-refractivity contribution in [2.45, 2.75) is 25.7 Å². The van der Waals surface area contributed by atoms with Crippen molar-refractivity contribution in [3.63, 3.8) is 0 Å². The lowest BCUT2D eigenvalue weighted by Crippen LogP contribution is -2.26. The summed E-state index contributed by atoms with van der Waals surface area (Å²) in [7, 11) is 3.26. The van der Waals surface area contributed by atoms with E-state index in [1.807, 2.05) is 25.1 Å². The number of hydrogen-bond donors (Lipinski definition) is 0. The van der Waals surface area contributed by atoms with Gasteiger partial charge < -0.3 is 9.47 Å². The highest BCUT2D eigenvalue weighted by molar-refractivity contribution is 5.96. The maximum Gasteiger partial charge on any atom is 0.160 e. The highest BCUT2D eigenvalue weighted by Crippen LogP contribution is 2.61. The maximum atomic E-state index is 12.4. The van der Waals surface area contributed by atoms with Gasteiger partial charge in [0.15, 0.2) is 11.5 Å². The van der Waals surface area contributed by atoms with Crippen molar-refractivity contribution >= 4 is 5.78 Å². The smallest absolute Gasteiger partial charge is 0.160 e. The van der Waals surface area contributed by atoms with E-state index >= 15 is 0 Å². The van der Waals surface area contributed by atoms with Gasteiger partial charge in [-0.1, -0.05) is 18.2 Å². The first-order valence-electron chi connectivity index (χ1n) is 6.96. The van der Waals surface area contributed by atoms with Gasteiger partial charge in [0.2, 0.25) is 0 Å². The molecule has 106 valence electrons. The summed E-state index contributed by atoms with van der Waals surface area (Å²) in [6.45, 7) is 6.18. The Balaban J connectivity index is 2.03. The van der Waals surface area contributed by atoms with Crippen LogP contribution in [0.5, 0.6) is 11.5 Å². The van der Waals surface area contributed by atoms with E-state index in [-0.39, 0.29) is 11.8 Å². The highest BCUT2D eigenvalue weighted by atomic mass is 16.5. The van der Waals surface area contributed by atoms with Crippen LogP contribution in [0.25, 0.3) is 0 Å². The molecule has 2 aliphatic rings. The Morgan fingerprint density at radius 1 is 1.25 bits per heavy atom. The fraction of sp³-hybridized carbons (Fsp3) is 0.471. The maximum absolute atomic E-state index is 12.4. The van der Waals surface area contributed by atoms with Crippen molar-refractivity contribution in [2.75, 3.05) is 14.2 Å². The summed E-state index contributed by atoms with van der Waals surface area (Å²) < 4.78 is 10.6. The van der Waals surface area contributed by atoms with Crippen molar-refractivity contribution in [3.8, 4) is 11.5 Å². The predicted octanol–water partition coefficient (Wildman–Crippen LogP) is 3.34. The monoisotopic (exact) mass is 272 g/mol. The van der Waals surface area contributed by atoms with Gasteiger partial charge in [-0.2, -0.15) is 0 Å². The topological polar surface area (TPSA) is 35.5 Å². The van der Waals surface area contributed by atoms with Crippen molar-refractivity contribution in [1.82, 2.24) is 0 Å². The number of carbonyl (C=O) groups excluding carboxylic acids is 1.